The Morgan fingerprint density at radius 1 is 1.43 bits per heavy atom. The van der Waals surface area contributed by atoms with E-state index in [0.29, 0.717) is 24.5 Å². The van der Waals surface area contributed by atoms with Crippen LogP contribution in [0.1, 0.15) is 47.0 Å². The quantitative estimate of drug-likeness (QED) is 0.366. The van der Waals surface area contributed by atoms with E-state index >= 15 is 0 Å². The first-order chi connectivity index (χ1) is 9.76. The van der Waals surface area contributed by atoms with E-state index in [1.54, 1.807) is 7.11 Å². The number of methoxy groups -OCH3 is 1. The summed E-state index contributed by atoms with van der Waals surface area (Å²) in [7, 11) is 1.60. The van der Waals surface area contributed by atoms with Crippen molar-refractivity contribution in [3.63, 3.8) is 0 Å². The molecule has 21 heavy (non-hydrogen) atoms. The molecule has 0 aliphatic rings. The lowest BCUT2D eigenvalue weighted by atomic mass is 9.86. The standard InChI is InChI=1S/C15H30N2O4/c1-6-7-8-12(9-17(20)11-18)14(19)16-13(10-21-5)15(2,3)4/h11-13,20H,6-10H2,1-5H3,(H,16,19)/t12-,13-/m1/s1. The number of hydrogen-bond donors (Lipinski definition) is 2. The van der Waals surface area contributed by atoms with Gasteiger partial charge in [-0.2, -0.15) is 0 Å². The number of hydroxylamine groups is 2. The van der Waals surface area contributed by atoms with Gasteiger partial charge in [-0.3, -0.25) is 14.8 Å². The molecule has 0 saturated heterocycles. The Morgan fingerprint density at radius 3 is 2.48 bits per heavy atom. The van der Waals surface area contributed by atoms with Crippen molar-refractivity contribution < 1.29 is 19.5 Å². The molecule has 0 unspecified atom stereocenters. The summed E-state index contributed by atoms with van der Waals surface area (Å²) in [5.74, 6) is -0.566. The van der Waals surface area contributed by atoms with Gasteiger partial charge in [-0.15, -0.1) is 0 Å². The van der Waals surface area contributed by atoms with E-state index in [1.165, 1.54) is 0 Å². The maximum absolute atomic E-state index is 12.4. The lowest BCUT2D eigenvalue weighted by Crippen LogP contribution is -2.50. The topological polar surface area (TPSA) is 78.9 Å². The van der Waals surface area contributed by atoms with Crippen LogP contribution in [0.3, 0.4) is 0 Å². The number of carbonyl (C=O) groups excluding carboxylic acids is 2. The lowest BCUT2D eigenvalue weighted by Gasteiger charge is -2.32. The molecule has 0 aromatic rings. The SMILES string of the molecule is CCCC[C@H](CN(O)C=O)C(=O)N[C@H](COC)C(C)(C)C. The molecule has 0 aromatic carbocycles. The Balaban J connectivity index is 4.79. The van der Waals surface area contributed by atoms with Crippen molar-refractivity contribution in [3.05, 3.63) is 0 Å². The van der Waals surface area contributed by atoms with E-state index < -0.39 is 5.92 Å². The molecule has 0 spiro atoms. The second-order valence-electron chi connectivity index (χ2n) is 6.45. The molecule has 0 radical (unpaired) electrons. The molecule has 124 valence electrons. The Kier molecular flexibility index (Phi) is 9.21. The Hall–Kier alpha value is -1.14. The maximum atomic E-state index is 12.4. The fourth-order valence-electron chi connectivity index (χ4n) is 1.99. The van der Waals surface area contributed by atoms with Crippen LogP contribution in [0, 0.1) is 11.3 Å². The molecule has 0 aliphatic heterocycles. The summed E-state index contributed by atoms with van der Waals surface area (Å²) in [5, 5.41) is 12.8. The van der Waals surface area contributed by atoms with Gasteiger partial charge in [0, 0.05) is 7.11 Å². The Morgan fingerprint density at radius 2 is 2.05 bits per heavy atom. The summed E-state index contributed by atoms with van der Waals surface area (Å²) in [6, 6.07) is -0.123. The number of rotatable bonds is 10. The molecule has 6 nitrogen and oxygen atoms in total. The normalized spacial score (nSPS) is 14.4. The van der Waals surface area contributed by atoms with E-state index in [2.05, 4.69) is 5.32 Å². The molecule has 0 bridgehead atoms. The van der Waals surface area contributed by atoms with Gasteiger partial charge >= 0.3 is 0 Å². The van der Waals surface area contributed by atoms with Gasteiger partial charge in [-0.1, -0.05) is 40.5 Å². The predicted molar refractivity (Wildman–Crippen MR) is 80.8 cm³/mol. The minimum absolute atomic E-state index is 0.0131. The molecule has 0 heterocycles. The number of nitrogens with zero attached hydrogens (tertiary/aromatic N) is 1. The van der Waals surface area contributed by atoms with E-state index in [9.17, 15) is 14.8 Å². The predicted octanol–water partition coefficient (Wildman–Crippen LogP) is 1.82. The molecule has 0 rings (SSSR count). The average molecular weight is 302 g/mol. The van der Waals surface area contributed by atoms with Gasteiger partial charge in [-0.05, 0) is 11.8 Å². The molecule has 2 amide bonds. The monoisotopic (exact) mass is 302 g/mol. The fraction of sp³-hybridized carbons (Fsp3) is 0.867. The van der Waals surface area contributed by atoms with Crippen molar-refractivity contribution in [3.8, 4) is 0 Å². The summed E-state index contributed by atoms with van der Waals surface area (Å²) >= 11 is 0. The van der Waals surface area contributed by atoms with Crippen molar-refractivity contribution in [2.75, 3.05) is 20.3 Å². The van der Waals surface area contributed by atoms with Crippen LogP contribution < -0.4 is 5.32 Å². The number of unbranched alkanes of at least 4 members (excludes halogenated alkanes) is 1. The zero-order valence-electron chi connectivity index (χ0n) is 13.9. The molecule has 0 aliphatic carbocycles. The van der Waals surface area contributed by atoms with Gasteiger partial charge in [-0.25, -0.2) is 5.06 Å². The number of carbonyl (C=O) groups is 2. The van der Waals surface area contributed by atoms with E-state index in [4.69, 9.17) is 4.74 Å². The summed E-state index contributed by atoms with van der Waals surface area (Å²) in [5.41, 5.74) is -0.134. The number of ether oxygens (including phenoxy) is 1. The average Bonchev–Trinajstić information content (AvgIpc) is 2.41. The number of amides is 2. The zero-order valence-corrected chi connectivity index (χ0v) is 13.9. The zero-order chi connectivity index (χ0) is 16.5. The highest BCUT2D eigenvalue weighted by Crippen LogP contribution is 2.20. The maximum Gasteiger partial charge on any atom is 0.233 e. The summed E-state index contributed by atoms with van der Waals surface area (Å²) in [6.45, 7) is 8.56. The van der Waals surface area contributed by atoms with Gasteiger partial charge < -0.3 is 10.1 Å². The van der Waals surface area contributed by atoms with Crippen LogP contribution in [0.25, 0.3) is 0 Å². The summed E-state index contributed by atoms with van der Waals surface area (Å²) in [4.78, 5) is 23.0. The molecule has 2 atom stereocenters. The van der Waals surface area contributed by atoms with Gasteiger partial charge in [0.1, 0.15) is 0 Å². The lowest BCUT2D eigenvalue weighted by molar-refractivity contribution is -0.155. The van der Waals surface area contributed by atoms with Crippen LogP contribution in [0.5, 0.6) is 0 Å². The van der Waals surface area contributed by atoms with Crippen LogP contribution in [0.2, 0.25) is 0 Å². The third-order valence-electron chi connectivity index (χ3n) is 3.50. The van der Waals surface area contributed by atoms with E-state index in [0.717, 1.165) is 12.8 Å². The van der Waals surface area contributed by atoms with Gasteiger partial charge in [0.2, 0.25) is 12.3 Å². The fourth-order valence-corrected chi connectivity index (χ4v) is 1.99. The third-order valence-corrected chi connectivity index (χ3v) is 3.50. The molecule has 0 fully saturated rings. The van der Waals surface area contributed by atoms with Gasteiger partial charge in [0.15, 0.2) is 0 Å². The second kappa shape index (κ2) is 9.73. The van der Waals surface area contributed by atoms with Crippen LogP contribution in [-0.4, -0.2) is 48.9 Å². The molecule has 0 saturated carbocycles. The molecular weight excluding hydrogens is 272 g/mol. The first-order valence-electron chi connectivity index (χ1n) is 7.46. The number of hydrogen-bond acceptors (Lipinski definition) is 4. The van der Waals surface area contributed by atoms with E-state index in [1.807, 2.05) is 27.7 Å². The molecule has 2 N–H and O–H groups in total. The largest absolute Gasteiger partial charge is 0.383 e. The smallest absolute Gasteiger partial charge is 0.233 e. The van der Waals surface area contributed by atoms with Crippen molar-refractivity contribution in [2.45, 2.75) is 53.0 Å². The highest BCUT2D eigenvalue weighted by Gasteiger charge is 2.29. The summed E-state index contributed by atoms with van der Waals surface area (Å²) in [6.07, 6.45) is 2.78. The van der Waals surface area contributed by atoms with Crippen LogP contribution >= 0.6 is 0 Å². The minimum atomic E-state index is -0.415. The first-order valence-corrected chi connectivity index (χ1v) is 7.46. The minimum Gasteiger partial charge on any atom is -0.383 e. The van der Waals surface area contributed by atoms with Crippen LogP contribution in [0.15, 0.2) is 0 Å². The Bertz CT molecular complexity index is 315. The second-order valence-corrected chi connectivity index (χ2v) is 6.45. The third kappa shape index (κ3) is 8.02. The van der Waals surface area contributed by atoms with Crippen molar-refractivity contribution in [2.24, 2.45) is 11.3 Å². The number of nitrogens with one attached hydrogen (secondary N) is 1. The molecule has 0 aromatic heterocycles. The Labute approximate surface area is 127 Å². The van der Waals surface area contributed by atoms with Gasteiger partial charge in [0.25, 0.3) is 0 Å². The van der Waals surface area contributed by atoms with Crippen LogP contribution in [0.4, 0.5) is 0 Å². The van der Waals surface area contributed by atoms with Crippen molar-refractivity contribution in [1.82, 2.24) is 10.4 Å². The van der Waals surface area contributed by atoms with E-state index in [-0.39, 0.29) is 23.9 Å². The molecular formula is C15H30N2O4. The summed E-state index contributed by atoms with van der Waals surface area (Å²) < 4.78 is 5.16. The van der Waals surface area contributed by atoms with Crippen molar-refractivity contribution >= 4 is 12.3 Å². The van der Waals surface area contributed by atoms with Crippen LogP contribution in [-0.2, 0) is 14.3 Å². The van der Waals surface area contributed by atoms with Crippen molar-refractivity contribution in [1.29, 1.82) is 0 Å². The molecule has 6 heteroatoms. The van der Waals surface area contributed by atoms with Gasteiger partial charge in [0.05, 0.1) is 25.1 Å². The highest BCUT2D eigenvalue weighted by molar-refractivity contribution is 5.79. The first kappa shape index (κ1) is 19.9. The highest BCUT2D eigenvalue weighted by atomic mass is 16.5.